The van der Waals surface area contributed by atoms with Crippen molar-refractivity contribution in [3.63, 3.8) is 0 Å². The largest absolute Gasteiger partial charge is 0.353 e. The average molecular weight is 391 g/mol. The average Bonchev–Trinajstić information content (AvgIpc) is 2.76. The van der Waals surface area contributed by atoms with Gasteiger partial charge in [-0.1, -0.05) is 42.5 Å². The quantitative estimate of drug-likeness (QED) is 0.735. The molecule has 4 rings (SSSR count). The van der Waals surface area contributed by atoms with Crippen molar-refractivity contribution < 1.29 is 9.18 Å². The fourth-order valence-corrected chi connectivity index (χ4v) is 3.34. The summed E-state index contributed by atoms with van der Waals surface area (Å²) in [5.74, 6) is 0.804. The van der Waals surface area contributed by atoms with Crippen molar-refractivity contribution in [1.29, 1.82) is 0 Å². The maximum Gasteiger partial charge on any atom is 0.229 e. The number of benzene rings is 2. The Kier molecular flexibility index (Phi) is 5.37. The number of nitrogens with one attached hydrogen (secondary N) is 1. The fraction of sp³-hybridized carbons (Fsp3) is 0.227. The highest BCUT2D eigenvalue weighted by atomic mass is 19.1. The molecule has 2 aromatic carbocycles. The van der Waals surface area contributed by atoms with E-state index in [0.29, 0.717) is 37.8 Å². The molecular formula is C22H22FN5O. The highest BCUT2D eigenvalue weighted by Gasteiger charge is 2.21. The van der Waals surface area contributed by atoms with E-state index in [1.165, 1.54) is 6.07 Å². The third kappa shape index (κ3) is 4.34. The van der Waals surface area contributed by atoms with E-state index in [1.54, 1.807) is 25.1 Å². The third-order valence-corrected chi connectivity index (χ3v) is 4.95. The van der Waals surface area contributed by atoms with Gasteiger partial charge in [-0.25, -0.2) is 9.37 Å². The lowest BCUT2D eigenvalue weighted by molar-refractivity contribution is -0.129. The van der Waals surface area contributed by atoms with E-state index in [1.807, 2.05) is 41.3 Å². The number of carbonyl (C=O) groups excluding carboxylic acids is 1. The summed E-state index contributed by atoms with van der Waals surface area (Å²) in [6, 6.07) is 18.2. The monoisotopic (exact) mass is 391 g/mol. The van der Waals surface area contributed by atoms with Gasteiger partial charge in [0.25, 0.3) is 0 Å². The number of piperazine rings is 1. The van der Waals surface area contributed by atoms with E-state index in [-0.39, 0.29) is 11.7 Å². The van der Waals surface area contributed by atoms with Gasteiger partial charge < -0.3 is 15.1 Å². The number of hydrogen-bond acceptors (Lipinski definition) is 5. The summed E-state index contributed by atoms with van der Waals surface area (Å²) >= 11 is 0. The van der Waals surface area contributed by atoms with E-state index < -0.39 is 0 Å². The molecule has 1 saturated heterocycles. The second-order valence-electron chi connectivity index (χ2n) is 6.90. The van der Waals surface area contributed by atoms with Crippen LogP contribution in [0.5, 0.6) is 0 Å². The number of para-hydroxylation sites is 1. The first-order valence-electron chi connectivity index (χ1n) is 9.57. The Bertz CT molecular complexity index is 1000. The van der Waals surface area contributed by atoms with Crippen molar-refractivity contribution in [3.05, 3.63) is 66.5 Å². The molecule has 0 aliphatic carbocycles. The summed E-state index contributed by atoms with van der Waals surface area (Å²) in [7, 11) is 0. The topological polar surface area (TPSA) is 61.4 Å². The summed E-state index contributed by atoms with van der Waals surface area (Å²) in [5.41, 5.74) is 2.03. The Morgan fingerprint density at radius 1 is 0.966 bits per heavy atom. The fourth-order valence-electron chi connectivity index (χ4n) is 3.34. The number of aromatic nitrogens is 2. The normalized spacial score (nSPS) is 14.0. The summed E-state index contributed by atoms with van der Waals surface area (Å²) < 4.78 is 14.1. The van der Waals surface area contributed by atoms with Gasteiger partial charge in [-0.05, 0) is 12.1 Å². The van der Waals surface area contributed by atoms with Crippen molar-refractivity contribution in [2.75, 3.05) is 36.4 Å². The Morgan fingerprint density at radius 3 is 2.34 bits per heavy atom. The molecule has 0 spiro atoms. The zero-order valence-corrected chi connectivity index (χ0v) is 16.2. The summed E-state index contributed by atoms with van der Waals surface area (Å²) in [4.78, 5) is 24.8. The Hall–Kier alpha value is -3.48. The molecule has 2 heterocycles. The first-order valence-corrected chi connectivity index (χ1v) is 9.57. The second-order valence-corrected chi connectivity index (χ2v) is 6.90. The predicted molar refractivity (Wildman–Crippen MR) is 112 cm³/mol. The minimum atomic E-state index is -0.363. The molecule has 0 atom stereocenters. The van der Waals surface area contributed by atoms with Crippen molar-refractivity contribution in [2.45, 2.75) is 6.92 Å². The van der Waals surface area contributed by atoms with Crippen LogP contribution in [-0.4, -0.2) is 47.0 Å². The summed E-state index contributed by atoms with van der Waals surface area (Å²) in [6.45, 7) is 4.25. The maximum absolute atomic E-state index is 14.1. The first kappa shape index (κ1) is 18.9. The highest BCUT2D eigenvalue weighted by Crippen LogP contribution is 2.26. The van der Waals surface area contributed by atoms with Gasteiger partial charge in [-0.2, -0.15) is 4.98 Å². The van der Waals surface area contributed by atoms with Crippen LogP contribution in [0.3, 0.4) is 0 Å². The van der Waals surface area contributed by atoms with Gasteiger partial charge in [0.05, 0.1) is 11.4 Å². The van der Waals surface area contributed by atoms with Crippen molar-refractivity contribution >= 4 is 23.4 Å². The Labute approximate surface area is 169 Å². The van der Waals surface area contributed by atoms with Gasteiger partial charge in [0.2, 0.25) is 11.9 Å². The molecule has 1 aliphatic rings. The molecule has 1 amide bonds. The zero-order valence-electron chi connectivity index (χ0n) is 16.2. The molecule has 29 heavy (non-hydrogen) atoms. The van der Waals surface area contributed by atoms with Crippen LogP contribution in [0.4, 0.5) is 21.8 Å². The minimum Gasteiger partial charge on any atom is -0.353 e. The van der Waals surface area contributed by atoms with Gasteiger partial charge in [-0.15, -0.1) is 0 Å². The molecule has 148 valence electrons. The molecule has 1 aliphatic heterocycles. The third-order valence-electron chi connectivity index (χ3n) is 4.95. The van der Waals surface area contributed by atoms with E-state index >= 15 is 0 Å². The number of carbonyl (C=O) groups is 1. The lowest BCUT2D eigenvalue weighted by Crippen LogP contribution is -2.48. The Balaban J connectivity index is 1.67. The molecule has 1 N–H and O–H groups in total. The van der Waals surface area contributed by atoms with E-state index in [0.717, 1.165) is 17.1 Å². The number of amides is 1. The van der Waals surface area contributed by atoms with Crippen LogP contribution in [0.15, 0.2) is 60.7 Å². The molecular weight excluding hydrogens is 369 g/mol. The zero-order chi connectivity index (χ0) is 20.2. The van der Waals surface area contributed by atoms with Crippen molar-refractivity contribution in [2.24, 2.45) is 0 Å². The molecule has 1 fully saturated rings. The lowest BCUT2D eigenvalue weighted by Gasteiger charge is -2.35. The predicted octanol–water partition coefficient (Wildman–Crippen LogP) is 3.69. The molecule has 0 radical (unpaired) electrons. The Morgan fingerprint density at radius 2 is 1.66 bits per heavy atom. The first-order chi connectivity index (χ1) is 14.1. The smallest absolute Gasteiger partial charge is 0.229 e. The van der Waals surface area contributed by atoms with E-state index in [2.05, 4.69) is 20.2 Å². The van der Waals surface area contributed by atoms with Crippen LogP contribution in [0.25, 0.3) is 11.3 Å². The number of halogens is 1. The van der Waals surface area contributed by atoms with Gasteiger partial charge in [-0.3, -0.25) is 4.79 Å². The molecule has 0 unspecified atom stereocenters. The molecule has 7 heteroatoms. The molecule has 0 saturated carbocycles. The lowest BCUT2D eigenvalue weighted by atomic mass is 10.1. The van der Waals surface area contributed by atoms with E-state index in [4.69, 9.17) is 0 Å². The minimum absolute atomic E-state index is 0.0826. The number of hydrogen-bond donors (Lipinski definition) is 1. The second kappa shape index (κ2) is 8.26. The van der Waals surface area contributed by atoms with Crippen LogP contribution < -0.4 is 10.2 Å². The van der Waals surface area contributed by atoms with Gasteiger partial charge in [0.15, 0.2) is 0 Å². The number of rotatable bonds is 4. The maximum atomic E-state index is 14.1. The summed E-state index contributed by atoms with van der Waals surface area (Å²) in [6.07, 6.45) is 0. The van der Waals surface area contributed by atoms with E-state index in [9.17, 15) is 9.18 Å². The van der Waals surface area contributed by atoms with Crippen LogP contribution in [0.2, 0.25) is 0 Å². The molecule has 3 aromatic rings. The summed E-state index contributed by atoms with van der Waals surface area (Å²) in [5, 5.41) is 3.00. The van der Waals surface area contributed by atoms with Crippen molar-refractivity contribution in [3.8, 4) is 11.3 Å². The standard InChI is InChI=1S/C22H22FN5O/c1-16(29)27-11-13-28(14-12-27)21-15-20(17-7-3-2-4-8-17)25-22(26-21)24-19-10-6-5-9-18(19)23/h2-10,15H,11-14H2,1H3,(H,24,25,26). The van der Waals surface area contributed by atoms with Crippen LogP contribution in [0.1, 0.15) is 6.92 Å². The highest BCUT2D eigenvalue weighted by molar-refractivity contribution is 5.73. The van der Waals surface area contributed by atoms with Crippen molar-refractivity contribution in [1.82, 2.24) is 14.9 Å². The molecule has 6 nitrogen and oxygen atoms in total. The van der Waals surface area contributed by atoms with Crippen LogP contribution >= 0.6 is 0 Å². The molecule has 1 aromatic heterocycles. The van der Waals surface area contributed by atoms with Gasteiger partial charge in [0, 0.05) is 44.7 Å². The SMILES string of the molecule is CC(=O)N1CCN(c2cc(-c3ccccc3)nc(Nc3ccccc3F)n2)CC1. The van der Waals surface area contributed by atoms with Gasteiger partial charge in [0.1, 0.15) is 11.6 Å². The van der Waals surface area contributed by atoms with Gasteiger partial charge >= 0.3 is 0 Å². The van der Waals surface area contributed by atoms with Crippen LogP contribution in [-0.2, 0) is 4.79 Å². The molecule has 0 bridgehead atoms. The number of anilines is 3. The van der Waals surface area contributed by atoms with Crippen LogP contribution in [0, 0.1) is 5.82 Å². The number of nitrogens with zero attached hydrogens (tertiary/aromatic N) is 4.